The topological polar surface area (TPSA) is 54.3 Å². The summed E-state index contributed by atoms with van der Waals surface area (Å²) >= 11 is 0. The Kier molecular flexibility index (Phi) is 4.34. The van der Waals surface area contributed by atoms with Crippen LogP contribution in [0.25, 0.3) is 0 Å². The third-order valence-electron chi connectivity index (χ3n) is 2.71. The lowest BCUT2D eigenvalue weighted by Gasteiger charge is -2.18. The van der Waals surface area contributed by atoms with Crippen LogP contribution in [0.4, 0.5) is 0 Å². The summed E-state index contributed by atoms with van der Waals surface area (Å²) in [4.78, 5) is 11.6. The van der Waals surface area contributed by atoms with Crippen LogP contribution >= 0.6 is 0 Å². The first-order valence-corrected chi connectivity index (χ1v) is 5.90. The maximum Gasteiger partial charge on any atom is 0.225 e. The third kappa shape index (κ3) is 3.89. The number of nitrogens with zero attached hydrogens (tertiary/aromatic N) is 1. The van der Waals surface area contributed by atoms with Crippen molar-refractivity contribution in [2.24, 2.45) is 12.5 Å². The monoisotopic (exact) mass is 238 g/mol. The number of hydrogen-bond donors (Lipinski definition) is 2. The molecule has 0 aliphatic heterocycles. The molecular weight excluding hydrogens is 216 g/mol. The van der Waals surface area contributed by atoms with Gasteiger partial charge in [-0.2, -0.15) is 0 Å². The van der Waals surface area contributed by atoms with Crippen molar-refractivity contribution in [1.82, 2.24) is 9.88 Å². The smallest absolute Gasteiger partial charge is 0.225 e. The summed E-state index contributed by atoms with van der Waals surface area (Å²) in [5, 5.41) is 12.8. The number of nitrogens with one attached hydrogen (secondary N) is 1. The molecule has 0 aliphatic rings. The molecule has 1 aromatic heterocycles. The van der Waals surface area contributed by atoms with Crippen molar-refractivity contribution in [3.63, 3.8) is 0 Å². The summed E-state index contributed by atoms with van der Waals surface area (Å²) in [5.41, 5.74) is 0.491. The van der Waals surface area contributed by atoms with Crippen molar-refractivity contribution in [2.75, 3.05) is 6.54 Å². The van der Waals surface area contributed by atoms with Crippen LogP contribution < -0.4 is 5.32 Å². The first-order valence-electron chi connectivity index (χ1n) is 5.90. The van der Waals surface area contributed by atoms with E-state index in [0.717, 1.165) is 5.69 Å². The molecule has 1 amide bonds. The molecule has 0 aliphatic carbocycles. The molecule has 1 heterocycles. The highest BCUT2D eigenvalue weighted by atomic mass is 16.3. The first-order chi connectivity index (χ1) is 7.82. The molecule has 0 radical (unpaired) electrons. The molecule has 0 bridgehead atoms. The van der Waals surface area contributed by atoms with E-state index >= 15 is 0 Å². The van der Waals surface area contributed by atoms with Crippen molar-refractivity contribution in [2.45, 2.75) is 33.3 Å². The Morgan fingerprint density at radius 1 is 1.53 bits per heavy atom. The lowest BCUT2D eigenvalue weighted by Crippen LogP contribution is -2.35. The molecule has 4 nitrogen and oxygen atoms in total. The summed E-state index contributed by atoms with van der Waals surface area (Å²) in [6.07, 6.45) is 1.89. The average molecular weight is 238 g/mol. The Morgan fingerprint density at radius 2 is 2.18 bits per heavy atom. The van der Waals surface area contributed by atoms with Crippen molar-refractivity contribution in [1.29, 1.82) is 0 Å². The van der Waals surface area contributed by atoms with Gasteiger partial charge in [0.05, 0.1) is 6.10 Å². The van der Waals surface area contributed by atoms with Crippen LogP contribution in [0.15, 0.2) is 18.3 Å². The maximum absolute atomic E-state index is 11.6. The van der Waals surface area contributed by atoms with Crippen molar-refractivity contribution < 1.29 is 9.90 Å². The van der Waals surface area contributed by atoms with Gasteiger partial charge in [0.25, 0.3) is 0 Å². The van der Waals surface area contributed by atoms with E-state index in [9.17, 15) is 9.90 Å². The number of carbonyl (C=O) groups is 1. The van der Waals surface area contributed by atoms with Crippen LogP contribution in [-0.4, -0.2) is 22.1 Å². The Hall–Kier alpha value is -1.29. The molecule has 0 saturated carbocycles. The van der Waals surface area contributed by atoms with E-state index in [2.05, 4.69) is 5.32 Å². The fourth-order valence-electron chi connectivity index (χ4n) is 1.56. The normalized spacial score (nSPS) is 13.5. The van der Waals surface area contributed by atoms with E-state index < -0.39 is 6.10 Å². The zero-order valence-electron chi connectivity index (χ0n) is 11.0. The van der Waals surface area contributed by atoms with Gasteiger partial charge >= 0.3 is 0 Å². The molecule has 4 heteroatoms. The molecule has 1 aromatic rings. The zero-order chi connectivity index (χ0) is 13.1. The van der Waals surface area contributed by atoms with E-state index in [1.807, 2.05) is 50.7 Å². The predicted octanol–water partition coefficient (Wildman–Crippen LogP) is 1.61. The van der Waals surface area contributed by atoms with Crippen molar-refractivity contribution >= 4 is 5.91 Å². The summed E-state index contributed by atoms with van der Waals surface area (Å²) < 4.78 is 1.89. The second-order valence-corrected chi connectivity index (χ2v) is 5.35. The number of carbonyl (C=O) groups excluding carboxylic acids is 1. The van der Waals surface area contributed by atoms with E-state index in [0.29, 0.717) is 13.0 Å². The van der Waals surface area contributed by atoms with Crippen LogP contribution in [0, 0.1) is 5.41 Å². The molecule has 0 fully saturated rings. The van der Waals surface area contributed by atoms with Gasteiger partial charge in [0.15, 0.2) is 0 Å². The van der Waals surface area contributed by atoms with Gasteiger partial charge in [0.2, 0.25) is 5.91 Å². The molecule has 0 saturated heterocycles. The fraction of sp³-hybridized carbons (Fsp3) is 0.615. The summed E-state index contributed by atoms with van der Waals surface area (Å²) in [6, 6.07) is 3.78. The Labute approximate surface area is 103 Å². The van der Waals surface area contributed by atoms with Gasteiger partial charge in [-0.15, -0.1) is 0 Å². The molecule has 1 unspecified atom stereocenters. The number of rotatable bonds is 4. The third-order valence-corrected chi connectivity index (χ3v) is 2.71. The Morgan fingerprint density at radius 3 is 2.65 bits per heavy atom. The van der Waals surface area contributed by atoms with Gasteiger partial charge < -0.3 is 15.0 Å². The average Bonchev–Trinajstić information content (AvgIpc) is 2.62. The lowest BCUT2D eigenvalue weighted by atomic mass is 9.95. The zero-order valence-corrected chi connectivity index (χ0v) is 11.0. The molecule has 2 N–H and O–H groups in total. The number of aliphatic hydroxyl groups is 1. The van der Waals surface area contributed by atoms with Crippen LogP contribution in [0.3, 0.4) is 0 Å². The van der Waals surface area contributed by atoms with Crippen molar-refractivity contribution in [3.8, 4) is 0 Å². The van der Waals surface area contributed by atoms with Crippen LogP contribution in [-0.2, 0) is 11.8 Å². The van der Waals surface area contributed by atoms with Gasteiger partial charge in [-0.1, -0.05) is 20.8 Å². The second-order valence-electron chi connectivity index (χ2n) is 5.35. The standard InChI is InChI=1S/C13H22N2O2/c1-13(2,3)12(17)14-8-7-11(16)10-6-5-9-15(10)4/h5-6,9,11,16H,7-8H2,1-4H3,(H,14,17). The van der Waals surface area contributed by atoms with Gasteiger partial charge in [-0.05, 0) is 18.6 Å². The lowest BCUT2D eigenvalue weighted by molar-refractivity contribution is -0.128. The number of aromatic nitrogens is 1. The Balaban J connectivity index is 2.38. The second kappa shape index (κ2) is 5.36. The highest BCUT2D eigenvalue weighted by molar-refractivity contribution is 5.81. The maximum atomic E-state index is 11.6. The fourth-order valence-corrected chi connectivity index (χ4v) is 1.56. The van der Waals surface area contributed by atoms with E-state index in [-0.39, 0.29) is 11.3 Å². The van der Waals surface area contributed by atoms with Gasteiger partial charge in [-0.25, -0.2) is 0 Å². The minimum absolute atomic E-state index is 0.0107. The van der Waals surface area contributed by atoms with Crippen molar-refractivity contribution in [3.05, 3.63) is 24.0 Å². The van der Waals surface area contributed by atoms with E-state index in [4.69, 9.17) is 0 Å². The van der Waals surface area contributed by atoms with Crippen LogP contribution in [0.1, 0.15) is 39.0 Å². The molecule has 96 valence electrons. The van der Waals surface area contributed by atoms with Crippen LogP contribution in [0.2, 0.25) is 0 Å². The Bertz CT molecular complexity index is 377. The van der Waals surface area contributed by atoms with Crippen LogP contribution in [0.5, 0.6) is 0 Å². The number of amides is 1. The molecule has 0 spiro atoms. The van der Waals surface area contributed by atoms with E-state index in [1.165, 1.54) is 0 Å². The molecule has 17 heavy (non-hydrogen) atoms. The molecule has 0 aromatic carbocycles. The summed E-state index contributed by atoms with van der Waals surface area (Å²) in [5.74, 6) is 0.0107. The summed E-state index contributed by atoms with van der Waals surface area (Å²) in [6.45, 7) is 6.10. The quantitative estimate of drug-likeness (QED) is 0.837. The minimum Gasteiger partial charge on any atom is -0.387 e. The van der Waals surface area contributed by atoms with E-state index in [1.54, 1.807) is 0 Å². The SMILES string of the molecule is Cn1cccc1C(O)CCNC(=O)C(C)(C)C. The number of hydrogen-bond acceptors (Lipinski definition) is 2. The first kappa shape index (κ1) is 13.8. The molecular formula is C13H22N2O2. The highest BCUT2D eigenvalue weighted by Crippen LogP contribution is 2.16. The minimum atomic E-state index is -0.532. The largest absolute Gasteiger partial charge is 0.387 e. The predicted molar refractivity (Wildman–Crippen MR) is 67.5 cm³/mol. The number of aryl methyl sites for hydroxylation is 1. The highest BCUT2D eigenvalue weighted by Gasteiger charge is 2.20. The summed E-state index contributed by atoms with van der Waals surface area (Å²) in [7, 11) is 1.90. The van der Waals surface area contributed by atoms with Gasteiger partial charge in [0.1, 0.15) is 0 Å². The van der Waals surface area contributed by atoms with Gasteiger partial charge in [0, 0.05) is 30.9 Å². The molecule has 1 atom stereocenters. The molecule has 1 rings (SSSR count). The number of aliphatic hydroxyl groups excluding tert-OH is 1. The van der Waals surface area contributed by atoms with Gasteiger partial charge in [-0.3, -0.25) is 4.79 Å².